The van der Waals surface area contributed by atoms with Gasteiger partial charge in [0, 0.05) is 17.5 Å². The van der Waals surface area contributed by atoms with Gasteiger partial charge in [-0.15, -0.1) is 11.3 Å². The topological polar surface area (TPSA) is 24.9 Å². The molecular weight excluding hydrogens is 252 g/mol. The molecule has 0 saturated heterocycles. The van der Waals surface area contributed by atoms with Crippen molar-refractivity contribution in [3.05, 3.63) is 16.1 Å². The first-order valence-corrected chi connectivity index (χ1v) is 8.44. The second-order valence-corrected chi connectivity index (χ2v) is 8.11. The van der Waals surface area contributed by atoms with Crippen LogP contribution in [0, 0.1) is 18.3 Å². The molecule has 3 unspecified atom stereocenters. The van der Waals surface area contributed by atoms with Gasteiger partial charge < -0.3 is 5.32 Å². The van der Waals surface area contributed by atoms with Crippen molar-refractivity contribution in [1.29, 1.82) is 0 Å². The van der Waals surface area contributed by atoms with E-state index in [4.69, 9.17) is 0 Å². The van der Waals surface area contributed by atoms with Crippen LogP contribution in [0.25, 0.3) is 0 Å². The minimum atomic E-state index is 0.373. The van der Waals surface area contributed by atoms with Crippen LogP contribution in [0.3, 0.4) is 0 Å². The highest BCUT2D eigenvalue weighted by Gasteiger charge is 2.34. The molecule has 1 aromatic heterocycles. The van der Waals surface area contributed by atoms with E-state index in [1.165, 1.54) is 36.4 Å². The summed E-state index contributed by atoms with van der Waals surface area (Å²) in [5, 5.41) is 7.21. The van der Waals surface area contributed by atoms with Gasteiger partial charge in [0.05, 0.1) is 10.7 Å². The van der Waals surface area contributed by atoms with E-state index in [1.807, 2.05) is 0 Å². The lowest BCUT2D eigenvalue weighted by Gasteiger charge is -2.42. The first-order chi connectivity index (χ1) is 8.88. The van der Waals surface area contributed by atoms with Crippen molar-refractivity contribution in [1.82, 2.24) is 10.3 Å². The Bertz CT molecular complexity index is 405. The third-order valence-electron chi connectivity index (χ3n) is 4.42. The van der Waals surface area contributed by atoms with Gasteiger partial charge in [0.15, 0.2) is 0 Å². The third kappa shape index (κ3) is 3.79. The van der Waals surface area contributed by atoms with E-state index in [9.17, 15) is 0 Å². The second-order valence-electron chi connectivity index (χ2n) is 7.04. The summed E-state index contributed by atoms with van der Waals surface area (Å²) in [6.07, 6.45) is 5.44. The Morgan fingerprint density at radius 1 is 1.32 bits per heavy atom. The highest BCUT2D eigenvalue weighted by molar-refractivity contribution is 7.09. The fourth-order valence-corrected chi connectivity index (χ4v) is 4.06. The number of nitrogens with zero attached hydrogens (tertiary/aromatic N) is 1. The summed E-state index contributed by atoms with van der Waals surface area (Å²) in [4.78, 5) is 4.62. The second kappa shape index (κ2) is 5.92. The average molecular weight is 280 g/mol. The molecule has 2 nitrogen and oxygen atoms in total. The van der Waals surface area contributed by atoms with Crippen molar-refractivity contribution >= 4 is 11.3 Å². The van der Waals surface area contributed by atoms with Crippen LogP contribution >= 0.6 is 11.3 Å². The van der Waals surface area contributed by atoms with E-state index in [2.05, 4.69) is 50.3 Å². The van der Waals surface area contributed by atoms with Crippen LogP contribution in [0.1, 0.15) is 70.1 Å². The lowest BCUT2D eigenvalue weighted by molar-refractivity contribution is 0.124. The van der Waals surface area contributed by atoms with E-state index in [0.29, 0.717) is 17.5 Å². The smallest absolute Gasteiger partial charge is 0.0898 e. The number of nitrogens with one attached hydrogen (secondary N) is 1. The molecule has 108 valence electrons. The Morgan fingerprint density at radius 2 is 2.00 bits per heavy atom. The minimum absolute atomic E-state index is 0.373. The first kappa shape index (κ1) is 15.0. The molecule has 1 aliphatic carbocycles. The molecule has 0 aromatic carbocycles. The zero-order valence-electron chi connectivity index (χ0n) is 13.0. The predicted octanol–water partition coefficient (Wildman–Crippen LogP) is 4.71. The normalized spacial score (nSPS) is 26.4. The molecule has 2 rings (SSSR count). The molecule has 0 aliphatic heterocycles. The molecule has 0 amide bonds. The van der Waals surface area contributed by atoms with Crippen LogP contribution in [0.2, 0.25) is 0 Å². The highest BCUT2D eigenvalue weighted by atomic mass is 32.1. The van der Waals surface area contributed by atoms with Crippen molar-refractivity contribution in [2.75, 3.05) is 0 Å². The predicted molar refractivity (Wildman–Crippen MR) is 83.6 cm³/mol. The molecule has 0 radical (unpaired) electrons. The SMILES string of the molecule is Cc1nc(C(C)NC2CCCCC2C(C)(C)C)cs1. The van der Waals surface area contributed by atoms with Gasteiger partial charge in [-0.3, -0.25) is 0 Å². The van der Waals surface area contributed by atoms with Crippen molar-refractivity contribution < 1.29 is 0 Å². The molecule has 1 aliphatic rings. The van der Waals surface area contributed by atoms with Crippen molar-refractivity contribution in [2.45, 2.75) is 72.4 Å². The van der Waals surface area contributed by atoms with Gasteiger partial charge in [-0.1, -0.05) is 33.6 Å². The van der Waals surface area contributed by atoms with E-state index >= 15 is 0 Å². The number of hydrogen-bond donors (Lipinski definition) is 1. The van der Waals surface area contributed by atoms with Crippen LogP contribution in [0.15, 0.2) is 5.38 Å². The Balaban J connectivity index is 2.03. The lowest BCUT2D eigenvalue weighted by Crippen LogP contribution is -2.45. The Labute approximate surface area is 122 Å². The maximum Gasteiger partial charge on any atom is 0.0898 e. The van der Waals surface area contributed by atoms with Crippen molar-refractivity contribution in [3.63, 3.8) is 0 Å². The third-order valence-corrected chi connectivity index (χ3v) is 5.21. The van der Waals surface area contributed by atoms with Gasteiger partial charge in [0.2, 0.25) is 0 Å². The summed E-state index contributed by atoms with van der Waals surface area (Å²) in [7, 11) is 0. The molecule has 1 saturated carbocycles. The van der Waals surface area contributed by atoms with Crippen molar-refractivity contribution in [2.24, 2.45) is 11.3 Å². The zero-order chi connectivity index (χ0) is 14.0. The summed E-state index contributed by atoms with van der Waals surface area (Å²) in [6.45, 7) is 11.5. The molecule has 0 bridgehead atoms. The average Bonchev–Trinajstić information content (AvgIpc) is 2.75. The van der Waals surface area contributed by atoms with Gasteiger partial charge in [-0.05, 0) is 38.0 Å². The van der Waals surface area contributed by atoms with Gasteiger partial charge >= 0.3 is 0 Å². The zero-order valence-corrected chi connectivity index (χ0v) is 13.8. The van der Waals surface area contributed by atoms with Crippen LogP contribution in [0.4, 0.5) is 0 Å². The minimum Gasteiger partial charge on any atom is -0.306 e. The molecule has 1 N–H and O–H groups in total. The number of aryl methyl sites for hydroxylation is 1. The summed E-state index contributed by atoms with van der Waals surface area (Å²) in [5.41, 5.74) is 1.61. The monoisotopic (exact) mass is 280 g/mol. The standard InChI is InChI=1S/C16H28N2S/c1-11(15-10-19-12(2)18-15)17-14-9-7-6-8-13(14)16(3,4)5/h10-11,13-14,17H,6-9H2,1-5H3. The summed E-state index contributed by atoms with van der Waals surface area (Å²) in [5.74, 6) is 0.781. The van der Waals surface area contributed by atoms with Gasteiger partial charge in [-0.2, -0.15) is 0 Å². The molecule has 1 fully saturated rings. The number of aromatic nitrogens is 1. The first-order valence-electron chi connectivity index (χ1n) is 7.56. The quantitative estimate of drug-likeness (QED) is 0.867. The maximum absolute atomic E-state index is 4.62. The molecule has 1 aromatic rings. The molecular formula is C16H28N2S. The fourth-order valence-electron chi connectivity index (χ4n) is 3.35. The van der Waals surface area contributed by atoms with Gasteiger partial charge in [0.25, 0.3) is 0 Å². The lowest BCUT2D eigenvalue weighted by atomic mass is 9.69. The van der Waals surface area contributed by atoms with Gasteiger partial charge in [0.1, 0.15) is 0 Å². The molecule has 3 atom stereocenters. The molecule has 0 spiro atoms. The van der Waals surface area contributed by atoms with E-state index in [0.717, 1.165) is 5.92 Å². The van der Waals surface area contributed by atoms with E-state index in [1.54, 1.807) is 11.3 Å². The fraction of sp³-hybridized carbons (Fsp3) is 0.812. The summed E-state index contributed by atoms with van der Waals surface area (Å²) >= 11 is 1.75. The summed E-state index contributed by atoms with van der Waals surface area (Å²) in [6, 6.07) is 1.02. The summed E-state index contributed by atoms with van der Waals surface area (Å²) < 4.78 is 0. The number of rotatable bonds is 3. The van der Waals surface area contributed by atoms with Crippen LogP contribution in [0.5, 0.6) is 0 Å². The van der Waals surface area contributed by atoms with Crippen molar-refractivity contribution in [3.8, 4) is 0 Å². The largest absolute Gasteiger partial charge is 0.306 e. The Hall–Kier alpha value is -0.410. The van der Waals surface area contributed by atoms with E-state index in [-0.39, 0.29) is 0 Å². The Kier molecular flexibility index (Phi) is 4.67. The number of hydrogen-bond acceptors (Lipinski definition) is 3. The van der Waals surface area contributed by atoms with Gasteiger partial charge in [-0.25, -0.2) is 4.98 Å². The Morgan fingerprint density at radius 3 is 2.58 bits per heavy atom. The van der Waals surface area contributed by atoms with Crippen LogP contribution in [-0.2, 0) is 0 Å². The maximum atomic E-state index is 4.62. The van der Waals surface area contributed by atoms with E-state index < -0.39 is 0 Å². The molecule has 3 heteroatoms. The number of thiazole rings is 1. The molecule has 1 heterocycles. The van der Waals surface area contributed by atoms with Crippen LogP contribution in [-0.4, -0.2) is 11.0 Å². The van der Waals surface area contributed by atoms with Crippen LogP contribution < -0.4 is 5.32 Å². The molecule has 19 heavy (non-hydrogen) atoms. The highest BCUT2D eigenvalue weighted by Crippen LogP contribution is 2.38.